The van der Waals surface area contributed by atoms with Gasteiger partial charge in [0.1, 0.15) is 5.82 Å². The Kier molecular flexibility index (Phi) is 6.16. The van der Waals surface area contributed by atoms with E-state index in [4.69, 9.17) is 4.74 Å². The van der Waals surface area contributed by atoms with E-state index in [2.05, 4.69) is 19.2 Å². The number of halogens is 1. The summed E-state index contributed by atoms with van der Waals surface area (Å²) in [7, 11) is 0. The van der Waals surface area contributed by atoms with E-state index in [9.17, 15) is 4.39 Å². The van der Waals surface area contributed by atoms with E-state index >= 15 is 0 Å². The first-order valence-corrected chi connectivity index (χ1v) is 6.24. The molecule has 0 aliphatic rings. The maximum absolute atomic E-state index is 13.7. The zero-order valence-corrected chi connectivity index (χ0v) is 10.9. The van der Waals surface area contributed by atoms with Crippen LogP contribution in [0.4, 0.5) is 4.39 Å². The summed E-state index contributed by atoms with van der Waals surface area (Å²) in [5, 5.41) is 3.29. The molecule has 0 aliphatic carbocycles. The van der Waals surface area contributed by atoms with Crippen LogP contribution in [-0.2, 0) is 4.74 Å². The molecule has 1 unspecified atom stereocenters. The molecule has 1 atom stereocenters. The fourth-order valence-corrected chi connectivity index (χ4v) is 1.60. The SMILES string of the molecule is CCCOC(CNC(C)C)c1ccccc1F. The van der Waals surface area contributed by atoms with Crippen molar-refractivity contribution < 1.29 is 9.13 Å². The van der Waals surface area contributed by atoms with Gasteiger partial charge in [-0.3, -0.25) is 0 Å². The average Bonchev–Trinajstić information content (AvgIpc) is 2.30. The molecule has 0 heterocycles. The fraction of sp³-hybridized carbons (Fsp3) is 0.571. The second-order valence-electron chi connectivity index (χ2n) is 4.44. The molecule has 0 aromatic heterocycles. The molecule has 17 heavy (non-hydrogen) atoms. The molecule has 0 saturated heterocycles. The number of benzene rings is 1. The van der Waals surface area contributed by atoms with E-state index in [-0.39, 0.29) is 11.9 Å². The summed E-state index contributed by atoms with van der Waals surface area (Å²) in [5.74, 6) is -0.195. The van der Waals surface area contributed by atoms with Crippen LogP contribution in [0.2, 0.25) is 0 Å². The van der Waals surface area contributed by atoms with Gasteiger partial charge in [-0.15, -0.1) is 0 Å². The Morgan fingerprint density at radius 1 is 1.29 bits per heavy atom. The average molecular weight is 239 g/mol. The van der Waals surface area contributed by atoms with E-state index in [1.807, 2.05) is 13.0 Å². The number of hydrogen-bond donors (Lipinski definition) is 1. The molecule has 1 N–H and O–H groups in total. The van der Waals surface area contributed by atoms with E-state index in [1.165, 1.54) is 6.07 Å². The Hall–Kier alpha value is -0.930. The Morgan fingerprint density at radius 3 is 2.59 bits per heavy atom. The Bertz CT molecular complexity index is 328. The maximum Gasteiger partial charge on any atom is 0.129 e. The molecule has 0 radical (unpaired) electrons. The molecular weight excluding hydrogens is 217 g/mol. The van der Waals surface area contributed by atoms with E-state index in [0.717, 1.165) is 6.42 Å². The van der Waals surface area contributed by atoms with Crippen LogP contribution in [0, 0.1) is 5.82 Å². The summed E-state index contributed by atoms with van der Waals surface area (Å²) >= 11 is 0. The highest BCUT2D eigenvalue weighted by atomic mass is 19.1. The number of hydrogen-bond acceptors (Lipinski definition) is 2. The number of rotatable bonds is 7. The summed E-state index contributed by atoms with van der Waals surface area (Å²) in [6, 6.07) is 7.18. The van der Waals surface area contributed by atoms with Crippen LogP contribution < -0.4 is 5.32 Å². The first kappa shape index (κ1) is 14.1. The van der Waals surface area contributed by atoms with Gasteiger partial charge in [-0.25, -0.2) is 4.39 Å². The summed E-state index contributed by atoms with van der Waals surface area (Å²) in [6.45, 7) is 7.47. The molecule has 3 heteroatoms. The first-order chi connectivity index (χ1) is 8.15. The molecule has 0 aliphatic heterocycles. The lowest BCUT2D eigenvalue weighted by atomic mass is 10.1. The van der Waals surface area contributed by atoms with Crippen LogP contribution in [0.3, 0.4) is 0 Å². The molecule has 96 valence electrons. The van der Waals surface area contributed by atoms with Crippen molar-refractivity contribution in [1.82, 2.24) is 5.32 Å². The van der Waals surface area contributed by atoms with Crippen LogP contribution >= 0.6 is 0 Å². The van der Waals surface area contributed by atoms with Crippen LogP contribution in [0.1, 0.15) is 38.9 Å². The lowest BCUT2D eigenvalue weighted by Gasteiger charge is -2.20. The summed E-state index contributed by atoms with van der Waals surface area (Å²) in [5.41, 5.74) is 0.633. The van der Waals surface area contributed by atoms with Crippen molar-refractivity contribution in [3.8, 4) is 0 Å². The zero-order valence-electron chi connectivity index (χ0n) is 10.9. The van der Waals surface area contributed by atoms with E-state index < -0.39 is 0 Å². The molecular formula is C14H22FNO. The van der Waals surface area contributed by atoms with Gasteiger partial charge in [0.05, 0.1) is 6.10 Å². The molecule has 0 fully saturated rings. The third kappa shape index (κ3) is 4.84. The van der Waals surface area contributed by atoms with Crippen molar-refractivity contribution in [3.63, 3.8) is 0 Å². The van der Waals surface area contributed by atoms with Crippen molar-refractivity contribution in [1.29, 1.82) is 0 Å². The molecule has 1 rings (SSSR count). The molecule has 0 saturated carbocycles. The van der Waals surface area contributed by atoms with Crippen molar-refractivity contribution in [2.24, 2.45) is 0 Å². The van der Waals surface area contributed by atoms with Crippen LogP contribution in [0.15, 0.2) is 24.3 Å². The Balaban J connectivity index is 2.71. The molecule has 1 aromatic rings. The minimum atomic E-state index is -0.210. The predicted octanol–water partition coefficient (Wildman–Crippen LogP) is 3.29. The normalized spacial score (nSPS) is 13.0. The highest BCUT2D eigenvalue weighted by Gasteiger charge is 2.15. The Morgan fingerprint density at radius 2 is 2.00 bits per heavy atom. The maximum atomic E-state index is 13.7. The van der Waals surface area contributed by atoms with Crippen LogP contribution in [0.25, 0.3) is 0 Å². The molecule has 0 amide bonds. The lowest BCUT2D eigenvalue weighted by molar-refractivity contribution is 0.0493. The minimum Gasteiger partial charge on any atom is -0.372 e. The van der Waals surface area contributed by atoms with Crippen molar-refractivity contribution in [3.05, 3.63) is 35.6 Å². The van der Waals surface area contributed by atoms with Gasteiger partial charge in [0.2, 0.25) is 0 Å². The van der Waals surface area contributed by atoms with Crippen LogP contribution in [-0.4, -0.2) is 19.2 Å². The van der Waals surface area contributed by atoms with Gasteiger partial charge in [-0.1, -0.05) is 39.0 Å². The predicted molar refractivity (Wildman–Crippen MR) is 68.5 cm³/mol. The number of ether oxygens (including phenoxy) is 1. The summed E-state index contributed by atoms with van der Waals surface area (Å²) in [6.07, 6.45) is 0.727. The molecule has 1 aromatic carbocycles. The fourth-order valence-electron chi connectivity index (χ4n) is 1.60. The van der Waals surface area contributed by atoms with Crippen molar-refractivity contribution >= 4 is 0 Å². The lowest BCUT2D eigenvalue weighted by Crippen LogP contribution is -2.29. The quantitative estimate of drug-likeness (QED) is 0.788. The van der Waals surface area contributed by atoms with Gasteiger partial charge in [0.15, 0.2) is 0 Å². The van der Waals surface area contributed by atoms with Gasteiger partial charge in [-0.2, -0.15) is 0 Å². The monoisotopic (exact) mass is 239 g/mol. The standard InChI is InChI=1S/C14H22FNO/c1-4-9-17-14(10-16-11(2)3)12-7-5-6-8-13(12)15/h5-8,11,14,16H,4,9-10H2,1-3H3. The van der Waals surface area contributed by atoms with E-state index in [1.54, 1.807) is 12.1 Å². The summed E-state index contributed by atoms with van der Waals surface area (Å²) < 4.78 is 19.4. The largest absolute Gasteiger partial charge is 0.372 e. The van der Waals surface area contributed by atoms with Gasteiger partial charge in [0.25, 0.3) is 0 Å². The van der Waals surface area contributed by atoms with Gasteiger partial charge in [0, 0.05) is 24.8 Å². The third-order valence-corrected chi connectivity index (χ3v) is 2.49. The molecule has 2 nitrogen and oxygen atoms in total. The topological polar surface area (TPSA) is 21.3 Å². The molecule has 0 spiro atoms. The third-order valence-electron chi connectivity index (χ3n) is 2.49. The highest BCUT2D eigenvalue weighted by molar-refractivity contribution is 5.20. The minimum absolute atomic E-state index is 0.195. The van der Waals surface area contributed by atoms with Gasteiger partial charge >= 0.3 is 0 Å². The highest BCUT2D eigenvalue weighted by Crippen LogP contribution is 2.20. The second-order valence-corrected chi connectivity index (χ2v) is 4.44. The van der Waals surface area contributed by atoms with Gasteiger partial charge in [-0.05, 0) is 12.5 Å². The van der Waals surface area contributed by atoms with Crippen molar-refractivity contribution in [2.45, 2.75) is 39.3 Å². The Labute approximate surface area is 103 Å². The van der Waals surface area contributed by atoms with Gasteiger partial charge < -0.3 is 10.1 Å². The van der Waals surface area contributed by atoms with E-state index in [0.29, 0.717) is 24.8 Å². The second kappa shape index (κ2) is 7.41. The van der Waals surface area contributed by atoms with Crippen LogP contribution in [0.5, 0.6) is 0 Å². The smallest absolute Gasteiger partial charge is 0.129 e. The number of nitrogens with one attached hydrogen (secondary N) is 1. The first-order valence-electron chi connectivity index (χ1n) is 6.24. The van der Waals surface area contributed by atoms with Crippen molar-refractivity contribution in [2.75, 3.05) is 13.2 Å². The zero-order chi connectivity index (χ0) is 12.7. The molecule has 0 bridgehead atoms. The summed E-state index contributed by atoms with van der Waals surface area (Å²) in [4.78, 5) is 0.